The van der Waals surface area contributed by atoms with Crippen molar-refractivity contribution < 1.29 is 28.6 Å². The number of carbonyl (C=O) groups excluding carboxylic acids is 3. The number of urea groups is 1. The van der Waals surface area contributed by atoms with Gasteiger partial charge in [-0.15, -0.1) is 0 Å². The first-order valence-corrected chi connectivity index (χ1v) is 10.2. The number of halogens is 1. The van der Waals surface area contributed by atoms with Crippen LogP contribution in [0.2, 0.25) is 0 Å². The van der Waals surface area contributed by atoms with E-state index in [9.17, 15) is 14.4 Å². The van der Waals surface area contributed by atoms with E-state index in [1.54, 1.807) is 38.1 Å². The van der Waals surface area contributed by atoms with Crippen LogP contribution in [0.1, 0.15) is 38.8 Å². The summed E-state index contributed by atoms with van der Waals surface area (Å²) in [5.41, 5.74) is 1.01. The molecule has 1 aromatic rings. The Bertz CT molecular complexity index is 795. The number of ether oxygens (including phenoxy) is 3. The van der Waals surface area contributed by atoms with Gasteiger partial charge in [-0.25, -0.2) is 9.59 Å². The molecule has 1 aliphatic heterocycles. The van der Waals surface area contributed by atoms with Crippen LogP contribution in [0, 0.1) is 5.92 Å². The lowest BCUT2D eigenvalue weighted by Gasteiger charge is -2.34. The molecule has 0 bridgehead atoms. The van der Waals surface area contributed by atoms with Crippen molar-refractivity contribution in [2.75, 3.05) is 19.8 Å². The lowest BCUT2D eigenvalue weighted by molar-refractivity contribution is -0.148. The molecule has 8 nitrogen and oxygen atoms in total. The zero-order valence-electron chi connectivity index (χ0n) is 16.6. The van der Waals surface area contributed by atoms with E-state index in [-0.39, 0.29) is 19.8 Å². The standard InChI is InChI=1S/C20H25BrN2O6/c1-4-7-14-17(19(25)28-6-3)18(23-20(26)22-14)13-10-12(21)8-9-15(13)29-11-16(24)27-5-2/h7-10,17-18H,4-6,11H2,1-3H3,(H2,22,23,26)/b14-7+/t17-,18+/m0/s1. The maximum Gasteiger partial charge on any atom is 0.344 e. The highest BCUT2D eigenvalue weighted by atomic mass is 79.9. The Morgan fingerprint density at radius 3 is 2.55 bits per heavy atom. The van der Waals surface area contributed by atoms with E-state index in [2.05, 4.69) is 26.6 Å². The number of hydrogen-bond donors (Lipinski definition) is 2. The van der Waals surface area contributed by atoms with Gasteiger partial charge in [-0.3, -0.25) is 4.79 Å². The van der Waals surface area contributed by atoms with Crippen molar-refractivity contribution in [3.63, 3.8) is 0 Å². The summed E-state index contributed by atoms with van der Waals surface area (Å²) in [4.78, 5) is 36.7. The van der Waals surface area contributed by atoms with E-state index in [1.165, 1.54) is 0 Å². The van der Waals surface area contributed by atoms with Crippen molar-refractivity contribution in [2.24, 2.45) is 5.92 Å². The Balaban J connectivity index is 2.45. The second kappa shape index (κ2) is 10.8. The van der Waals surface area contributed by atoms with Gasteiger partial charge < -0.3 is 24.8 Å². The molecule has 2 rings (SSSR count). The summed E-state index contributed by atoms with van der Waals surface area (Å²) >= 11 is 3.41. The topological polar surface area (TPSA) is 103 Å². The predicted octanol–water partition coefficient (Wildman–Crippen LogP) is 3.22. The molecule has 1 aromatic carbocycles. The van der Waals surface area contributed by atoms with Gasteiger partial charge in [0.05, 0.1) is 19.3 Å². The Labute approximate surface area is 178 Å². The number of amides is 2. The van der Waals surface area contributed by atoms with Crippen LogP contribution in [0.3, 0.4) is 0 Å². The second-order valence-electron chi connectivity index (χ2n) is 6.15. The summed E-state index contributed by atoms with van der Waals surface area (Å²) in [6.07, 6.45) is 2.41. The zero-order chi connectivity index (χ0) is 21.4. The molecule has 9 heteroatoms. The normalized spacial score (nSPS) is 19.9. The molecule has 1 fully saturated rings. The number of allylic oxidation sites excluding steroid dienone is 1. The van der Waals surface area contributed by atoms with Crippen molar-refractivity contribution in [1.29, 1.82) is 0 Å². The lowest BCUT2D eigenvalue weighted by Crippen LogP contribution is -2.51. The van der Waals surface area contributed by atoms with Gasteiger partial charge in [0.2, 0.25) is 0 Å². The van der Waals surface area contributed by atoms with Crippen LogP contribution < -0.4 is 15.4 Å². The largest absolute Gasteiger partial charge is 0.482 e. The average Bonchev–Trinajstić information content (AvgIpc) is 2.67. The van der Waals surface area contributed by atoms with Gasteiger partial charge >= 0.3 is 18.0 Å². The maximum atomic E-state index is 12.7. The minimum Gasteiger partial charge on any atom is -0.482 e. The van der Waals surface area contributed by atoms with Gasteiger partial charge in [0.25, 0.3) is 0 Å². The fourth-order valence-corrected chi connectivity index (χ4v) is 3.41. The van der Waals surface area contributed by atoms with Crippen LogP contribution in [0.5, 0.6) is 5.75 Å². The summed E-state index contributed by atoms with van der Waals surface area (Å²) in [7, 11) is 0. The molecular weight excluding hydrogens is 444 g/mol. The Morgan fingerprint density at radius 2 is 1.90 bits per heavy atom. The first-order valence-electron chi connectivity index (χ1n) is 9.43. The van der Waals surface area contributed by atoms with Crippen molar-refractivity contribution in [3.05, 3.63) is 40.0 Å². The number of rotatable bonds is 8. The van der Waals surface area contributed by atoms with Gasteiger partial charge in [-0.2, -0.15) is 0 Å². The van der Waals surface area contributed by atoms with E-state index < -0.39 is 29.9 Å². The zero-order valence-corrected chi connectivity index (χ0v) is 18.2. The van der Waals surface area contributed by atoms with Gasteiger partial charge in [0.1, 0.15) is 11.7 Å². The van der Waals surface area contributed by atoms with Gasteiger partial charge in [0.15, 0.2) is 6.61 Å². The molecule has 0 radical (unpaired) electrons. The quantitative estimate of drug-likeness (QED) is 0.567. The Kier molecular flexibility index (Phi) is 8.50. The fourth-order valence-electron chi connectivity index (χ4n) is 3.03. The molecule has 1 saturated heterocycles. The summed E-state index contributed by atoms with van der Waals surface area (Å²) in [5, 5.41) is 5.47. The minimum atomic E-state index is -0.785. The van der Waals surface area contributed by atoms with Crippen LogP contribution in [0.15, 0.2) is 34.4 Å². The first kappa shape index (κ1) is 22.7. The van der Waals surface area contributed by atoms with Crippen molar-refractivity contribution in [1.82, 2.24) is 10.6 Å². The van der Waals surface area contributed by atoms with Crippen LogP contribution >= 0.6 is 15.9 Å². The van der Waals surface area contributed by atoms with Crippen molar-refractivity contribution in [3.8, 4) is 5.75 Å². The number of hydrogen-bond acceptors (Lipinski definition) is 6. The van der Waals surface area contributed by atoms with Crippen LogP contribution in [-0.2, 0) is 19.1 Å². The molecule has 158 valence electrons. The molecule has 0 spiro atoms. The van der Waals surface area contributed by atoms with E-state index in [4.69, 9.17) is 14.2 Å². The van der Waals surface area contributed by atoms with Crippen molar-refractivity contribution >= 4 is 33.9 Å². The van der Waals surface area contributed by atoms with Crippen molar-refractivity contribution in [2.45, 2.75) is 33.2 Å². The minimum absolute atomic E-state index is 0.208. The molecule has 2 amide bonds. The van der Waals surface area contributed by atoms with Gasteiger partial charge in [-0.05, 0) is 38.5 Å². The van der Waals surface area contributed by atoms with E-state index in [0.717, 1.165) is 4.47 Å². The van der Waals surface area contributed by atoms with Gasteiger partial charge in [0, 0.05) is 15.7 Å². The summed E-state index contributed by atoms with van der Waals surface area (Å²) in [6, 6.07) is 3.97. The molecule has 0 aliphatic carbocycles. The van der Waals surface area contributed by atoms with Crippen LogP contribution in [0.25, 0.3) is 0 Å². The molecule has 2 N–H and O–H groups in total. The second-order valence-corrected chi connectivity index (χ2v) is 7.07. The van der Waals surface area contributed by atoms with E-state index in [0.29, 0.717) is 23.4 Å². The smallest absolute Gasteiger partial charge is 0.344 e. The van der Waals surface area contributed by atoms with E-state index >= 15 is 0 Å². The average molecular weight is 469 g/mol. The number of nitrogens with one attached hydrogen (secondary N) is 2. The number of carbonyl (C=O) groups is 3. The monoisotopic (exact) mass is 468 g/mol. The first-order chi connectivity index (χ1) is 13.9. The molecule has 0 saturated carbocycles. The summed E-state index contributed by atoms with van der Waals surface area (Å²) in [6.45, 7) is 5.50. The third-order valence-electron chi connectivity index (χ3n) is 4.14. The highest BCUT2D eigenvalue weighted by Crippen LogP contribution is 2.37. The molecule has 0 aromatic heterocycles. The molecule has 1 heterocycles. The predicted molar refractivity (Wildman–Crippen MR) is 109 cm³/mol. The highest BCUT2D eigenvalue weighted by molar-refractivity contribution is 9.10. The highest BCUT2D eigenvalue weighted by Gasteiger charge is 2.41. The fraction of sp³-hybridized carbons (Fsp3) is 0.450. The summed E-state index contributed by atoms with van der Waals surface area (Å²) < 4.78 is 16.5. The molecule has 29 heavy (non-hydrogen) atoms. The number of benzene rings is 1. The molecule has 0 unspecified atom stereocenters. The van der Waals surface area contributed by atoms with Crippen LogP contribution in [0.4, 0.5) is 4.79 Å². The Hall–Kier alpha value is -2.55. The third kappa shape index (κ3) is 5.96. The maximum absolute atomic E-state index is 12.7. The van der Waals surface area contributed by atoms with Gasteiger partial charge in [-0.1, -0.05) is 28.9 Å². The summed E-state index contributed by atoms with van der Waals surface area (Å²) in [5.74, 6) is -1.41. The lowest BCUT2D eigenvalue weighted by atomic mass is 9.87. The molecule has 2 atom stereocenters. The molecule has 1 aliphatic rings. The Morgan fingerprint density at radius 1 is 1.17 bits per heavy atom. The number of esters is 2. The van der Waals surface area contributed by atoms with Crippen LogP contribution in [-0.4, -0.2) is 37.8 Å². The SMILES string of the molecule is CC/C=C1/NC(=O)N[C@H](c2cc(Br)ccc2OCC(=O)OCC)[C@H]1C(=O)OCC. The van der Waals surface area contributed by atoms with E-state index in [1.807, 2.05) is 6.92 Å². The molecular formula is C20H25BrN2O6. The third-order valence-corrected chi connectivity index (χ3v) is 4.63.